The molecule has 0 aliphatic heterocycles. The number of carbonyl (C=O) groups excluding carboxylic acids is 1. The largest absolute Gasteiger partial charge is 0.336 e. The third-order valence-electron chi connectivity index (χ3n) is 2.69. The summed E-state index contributed by atoms with van der Waals surface area (Å²) in [6, 6.07) is 7.93. The molecule has 0 saturated carbocycles. The lowest BCUT2D eigenvalue weighted by atomic mass is 10.2. The molecule has 1 amide bonds. The monoisotopic (exact) mass is 307 g/mol. The van der Waals surface area contributed by atoms with Crippen LogP contribution in [0.15, 0.2) is 41.3 Å². The molecule has 1 aromatic carbocycles. The summed E-state index contributed by atoms with van der Waals surface area (Å²) in [6.07, 6.45) is 3.21. The number of aromatic nitrogens is 2. The molecule has 2 aromatic rings. The van der Waals surface area contributed by atoms with Crippen LogP contribution in [0, 0.1) is 0 Å². The number of rotatable bonds is 3. The molecule has 0 N–H and O–H groups in total. The number of hydrogen-bond donors (Lipinski definition) is 0. The van der Waals surface area contributed by atoms with Crippen LogP contribution in [0.25, 0.3) is 0 Å². The predicted octanol–water partition coefficient (Wildman–Crippen LogP) is 2.45. The van der Waals surface area contributed by atoms with Crippen molar-refractivity contribution in [2.75, 3.05) is 7.05 Å². The zero-order chi connectivity index (χ0) is 13.1. The van der Waals surface area contributed by atoms with Crippen LogP contribution in [0.3, 0.4) is 0 Å². The Morgan fingerprint density at radius 2 is 2.28 bits per heavy atom. The Morgan fingerprint density at radius 1 is 1.50 bits per heavy atom. The molecule has 0 unspecified atom stereocenters. The number of imidazole rings is 1. The van der Waals surface area contributed by atoms with Crippen LogP contribution >= 0.6 is 15.9 Å². The van der Waals surface area contributed by atoms with Gasteiger partial charge in [0.05, 0.1) is 12.5 Å². The third-order valence-corrected chi connectivity index (χ3v) is 3.18. The summed E-state index contributed by atoms with van der Waals surface area (Å²) in [5.74, 6) is -0.0324. The van der Waals surface area contributed by atoms with Crippen molar-refractivity contribution < 1.29 is 4.79 Å². The molecule has 0 aliphatic rings. The van der Waals surface area contributed by atoms with Crippen LogP contribution in [0.2, 0.25) is 0 Å². The molecule has 18 heavy (non-hydrogen) atoms. The standard InChI is InChI=1S/C13H14BrN3O/c1-16(8-10-4-3-5-11(14)6-10)13(18)12-7-15-9-17(12)2/h3-7,9H,8H2,1-2H3. The number of amides is 1. The van der Waals surface area contributed by atoms with Crippen LogP contribution in [0.5, 0.6) is 0 Å². The lowest BCUT2D eigenvalue weighted by Gasteiger charge is -2.17. The SMILES string of the molecule is CN(Cc1cccc(Br)c1)C(=O)c1cncn1C. The first kappa shape index (κ1) is 12.8. The van der Waals surface area contributed by atoms with Gasteiger partial charge in [-0.2, -0.15) is 0 Å². The second-order valence-corrected chi connectivity index (χ2v) is 5.10. The van der Waals surface area contributed by atoms with Gasteiger partial charge in [0.1, 0.15) is 5.69 Å². The number of hydrogen-bond acceptors (Lipinski definition) is 2. The molecular formula is C13H14BrN3O. The van der Waals surface area contributed by atoms with Crippen LogP contribution < -0.4 is 0 Å². The van der Waals surface area contributed by atoms with Crippen LogP contribution in [-0.4, -0.2) is 27.4 Å². The van der Waals surface area contributed by atoms with Gasteiger partial charge >= 0.3 is 0 Å². The van der Waals surface area contributed by atoms with Gasteiger partial charge in [-0.25, -0.2) is 4.98 Å². The highest BCUT2D eigenvalue weighted by Gasteiger charge is 2.15. The Morgan fingerprint density at radius 3 is 2.89 bits per heavy atom. The highest BCUT2D eigenvalue weighted by atomic mass is 79.9. The van der Waals surface area contributed by atoms with E-state index in [1.165, 1.54) is 0 Å². The molecule has 94 valence electrons. The zero-order valence-corrected chi connectivity index (χ0v) is 11.9. The van der Waals surface area contributed by atoms with Crippen molar-refractivity contribution in [3.63, 3.8) is 0 Å². The maximum Gasteiger partial charge on any atom is 0.272 e. The predicted molar refractivity (Wildman–Crippen MR) is 73.1 cm³/mol. The van der Waals surface area contributed by atoms with Crippen molar-refractivity contribution in [2.24, 2.45) is 7.05 Å². The van der Waals surface area contributed by atoms with E-state index in [0.29, 0.717) is 12.2 Å². The second-order valence-electron chi connectivity index (χ2n) is 4.18. The van der Waals surface area contributed by atoms with Gasteiger partial charge in [-0.1, -0.05) is 28.1 Å². The van der Waals surface area contributed by atoms with Gasteiger partial charge in [-0.3, -0.25) is 4.79 Å². The highest BCUT2D eigenvalue weighted by molar-refractivity contribution is 9.10. The molecule has 0 atom stereocenters. The van der Waals surface area contributed by atoms with Crippen molar-refractivity contribution in [3.05, 3.63) is 52.5 Å². The number of benzene rings is 1. The van der Waals surface area contributed by atoms with Crippen molar-refractivity contribution in [1.29, 1.82) is 0 Å². The smallest absolute Gasteiger partial charge is 0.272 e. The molecule has 0 aliphatic carbocycles. The van der Waals surface area contributed by atoms with E-state index in [0.717, 1.165) is 10.0 Å². The van der Waals surface area contributed by atoms with Gasteiger partial charge < -0.3 is 9.47 Å². The minimum Gasteiger partial charge on any atom is -0.336 e. The van der Waals surface area contributed by atoms with E-state index in [2.05, 4.69) is 20.9 Å². The molecule has 0 radical (unpaired) electrons. The minimum absolute atomic E-state index is 0.0324. The van der Waals surface area contributed by atoms with Gasteiger partial charge in [0.25, 0.3) is 5.91 Å². The van der Waals surface area contributed by atoms with Crippen LogP contribution in [-0.2, 0) is 13.6 Å². The summed E-state index contributed by atoms with van der Waals surface area (Å²) in [5.41, 5.74) is 1.68. The number of halogens is 1. The van der Waals surface area contributed by atoms with Gasteiger partial charge in [-0.15, -0.1) is 0 Å². The fourth-order valence-corrected chi connectivity index (χ4v) is 2.19. The van der Waals surface area contributed by atoms with Crippen molar-refractivity contribution in [2.45, 2.75) is 6.54 Å². The molecule has 1 heterocycles. The molecule has 0 fully saturated rings. The normalized spacial score (nSPS) is 10.4. The molecule has 0 spiro atoms. The highest BCUT2D eigenvalue weighted by Crippen LogP contribution is 2.14. The Balaban J connectivity index is 2.11. The quantitative estimate of drug-likeness (QED) is 0.873. The summed E-state index contributed by atoms with van der Waals surface area (Å²) in [5, 5.41) is 0. The van der Waals surface area contributed by atoms with Gasteiger partial charge in [0.2, 0.25) is 0 Å². The summed E-state index contributed by atoms with van der Waals surface area (Å²) < 4.78 is 2.74. The van der Waals surface area contributed by atoms with Crippen LogP contribution in [0.4, 0.5) is 0 Å². The average Bonchev–Trinajstić information content (AvgIpc) is 2.74. The summed E-state index contributed by atoms with van der Waals surface area (Å²) in [4.78, 5) is 17.8. The Kier molecular flexibility index (Phi) is 3.81. The first-order valence-electron chi connectivity index (χ1n) is 5.54. The summed E-state index contributed by atoms with van der Waals surface area (Å²) in [6.45, 7) is 0.573. The lowest BCUT2D eigenvalue weighted by Crippen LogP contribution is -2.27. The number of nitrogens with zero attached hydrogens (tertiary/aromatic N) is 3. The van der Waals surface area contributed by atoms with E-state index in [1.807, 2.05) is 31.3 Å². The van der Waals surface area contributed by atoms with Crippen molar-refractivity contribution >= 4 is 21.8 Å². The summed E-state index contributed by atoms with van der Waals surface area (Å²) in [7, 11) is 3.60. The molecule has 1 aromatic heterocycles. The summed E-state index contributed by atoms with van der Waals surface area (Å²) >= 11 is 3.42. The molecule has 0 bridgehead atoms. The second kappa shape index (κ2) is 5.35. The fraction of sp³-hybridized carbons (Fsp3) is 0.231. The maximum absolute atomic E-state index is 12.2. The first-order valence-corrected chi connectivity index (χ1v) is 6.33. The molecule has 5 heteroatoms. The van der Waals surface area contributed by atoms with E-state index >= 15 is 0 Å². The van der Waals surface area contributed by atoms with E-state index in [9.17, 15) is 4.79 Å². The molecule has 2 rings (SSSR count). The van der Waals surface area contributed by atoms with Crippen molar-refractivity contribution in [1.82, 2.24) is 14.5 Å². The van der Waals surface area contributed by atoms with Crippen molar-refractivity contribution in [3.8, 4) is 0 Å². The Labute approximate surface area is 114 Å². The number of carbonyl (C=O) groups is 1. The minimum atomic E-state index is -0.0324. The topological polar surface area (TPSA) is 38.1 Å². The van der Waals surface area contributed by atoms with E-state index in [1.54, 1.807) is 29.0 Å². The van der Waals surface area contributed by atoms with Gasteiger partial charge in [0, 0.05) is 25.1 Å². The third kappa shape index (κ3) is 2.79. The van der Waals surface area contributed by atoms with Gasteiger partial charge in [-0.05, 0) is 17.7 Å². The molecule has 0 saturated heterocycles. The molecular weight excluding hydrogens is 294 g/mol. The van der Waals surface area contributed by atoms with E-state index in [4.69, 9.17) is 0 Å². The number of aryl methyl sites for hydroxylation is 1. The van der Waals surface area contributed by atoms with E-state index < -0.39 is 0 Å². The first-order chi connectivity index (χ1) is 8.58. The lowest BCUT2D eigenvalue weighted by molar-refractivity contribution is 0.0775. The zero-order valence-electron chi connectivity index (χ0n) is 10.3. The Hall–Kier alpha value is -1.62. The van der Waals surface area contributed by atoms with Gasteiger partial charge in [0.15, 0.2) is 0 Å². The maximum atomic E-state index is 12.2. The molecule has 4 nitrogen and oxygen atoms in total. The fourth-order valence-electron chi connectivity index (χ4n) is 1.74. The average molecular weight is 308 g/mol. The van der Waals surface area contributed by atoms with Crippen LogP contribution in [0.1, 0.15) is 16.1 Å². The van der Waals surface area contributed by atoms with E-state index in [-0.39, 0.29) is 5.91 Å². The Bertz CT molecular complexity index is 565.